The minimum absolute atomic E-state index is 0.0666. The molecular formula is C10H17ClF3NS. The highest BCUT2D eigenvalue weighted by Crippen LogP contribution is 2.30. The normalized spacial score (nSPS) is 22.3. The molecule has 1 fully saturated rings. The molecule has 1 nitrogen and oxygen atoms in total. The third-order valence-corrected chi connectivity index (χ3v) is 4.03. The molecule has 0 aromatic heterocycles. The lowest BCUT2D eigenvalue weighted by molar-refractivity contribution is -0.0329. The molecule has 0 amide bonds. The van der Waals surface area contributed by atoms with Gasteiger partial charge in [0, 0.05) is 17.7 Å². The van der Waals surface area contributed by atoms with E-state index in [1.807, 2.05) is 6.92 Å². The summed E-state index contributed by atoms with van der Waals surface area (Å²) in [7, 11) is 0. The van der Waals surface area contributed by atoms with E-state index in [2.05, 4.69) is 4.90 Å². The van der Waals surface area contributed by atoms with E-state index in [1.54, 1.807) is 0 Å². The Morgan fingerprint density at radius 3 is 2.38 bits per heavy atom. The predicted octanol–water partition coefficient (Wildman–Crippen LogP) is 3.58. The van der Waals surface area contributed by atoms with Crippen molar-refractivity contribution >= 4 is 23.4 Å². The Balaban J connectivity index is 2.13. The topological polar surface area (TPSA) is 3.24 Å². The number of halogens is 4. The van der Waals surface area contributed by atoms with Crippen LogP contribution in [0.15, 0.2) is 0 Å². The predicted molar refractivity (Wildman–Crippen MR) is 63.0 cm³/mol. The van der Waals surface area contributed by atoms with E-state index in [0.29, 0.717) is 12.5 Å². The molecule has 0 spiro atoms. The monoisotopic (exact) mass is 275 g/mol. The highest BCUT2D eigenvalue weighted by molar-refractivity contribution is 8.00. The molecule has 6 heteroatoms. The van der Waals surface area contributed by atoms with Gasteiger partial charge in [0.2, 0.25) is 0 Å². The third-order valence-electron chi connectivity index (χ3n) is 2.96. The van der Waals surface area contributed by atoms with Crippen LogP contribution in [0.3, 0.4) is 0 Å². The first-order valence-corrected chi connectivity index (χ1v) is 6.88. The second-order valence-electron chi connectivity index (χ2n) is 4.15. The Bertz CT molecular complexity index is 203. The first-order valence-electron chi connectivity index (χ1n) is 5.45. The summed E-state index contributed by atoms with van der Waals surface area (Å²) >= 11 is 6.06. The van der Waals surface area contributed by atoms with Crippen molar-refractivity contribution in [1.29, 1.82) is 0 Å². The van der Waals surface area contributed by atoms with Crippen molar-refractivity contribution in [3.05, 3.63) is 0 Å². The Morgan fingerprint density at radius 1 is 1.38 bits per heavy atom. The number of rotatable bonds is 4. The Labute approximate surface area is 104 Å². The van der Waals surface area contributed by atoms with E-state index in [4.69, 9.17) is 11.6 Å². The van der Waals surface area contributed by atoms with Crippen molar-refractivity contribution in [2.24, 2.45) is 5.92 Å². The highest BCUT2D eigenvalue weighted by Gasteiger charge is 2.28. The second-order valence-corrected chi connectivity index (χ2v) is 6.00. The van der Waals surface area contributed by atoms with E-state index in [-0.39, 0.29) is 22.9 Å². The fourth-order valence-corrected chi connectivity index (χ4v) is 2.76. The van der Waals surface area contributed by atoms with E-state index in [0.717, 1.165) is 25.9 Å². The summed E-state index contributed by atoms with van der Waals surface area (Å²) in [5.74, 6) is 0.651. The minimum Gasteiger partial charge on any atom is -0.302 e. The zero-order chi connectivity index (χ0) is 12.2. The van der Waals surface area contributed by atoms with Crippen molar-refractivity contribution in [3.8, 4) is 0 Å². The lowest BCUT2D eigenvalue weighted by Gasteiger charge is -2.33. The SMILES string of the molecule is CC(Cl)C1CCN(CCSC(F)(F)F)CC1. The van der Waals surface area contributed by atoms with Crippen LogP contribution in [0.4, 0.5) is 13.2 Å². The van der Waals surface area contributed by atoms with Gasteiger partial charge >= 0.3 is 5.51 Å². The molecule has 0 bridgehead atoms. The van der Waals surface area contributed by atoms with Crippen LogP contribution in [0.2, 0.25) is 0 Å². The molecular weight excluding hydrogens is 259 g/mol. The summed E-state index contributed by atoms with van der Waals surface area (Å²) in [4.78, 5) is 2.09. The van der Waals surface area contributed by atoms with Crippen LogP contribution in [-0.2, 0) is 0 Å². The first-order chi connectivity index (χ1) is 7.38. The van der Waals surface area contributed by atoms with Gasteiger partial charge in [-0.1, -0.05) is 0 Å². The summed E-state index contributed by atoms with van der Waals surface area (Å²) in [6, 6.07) is 0. The molecule has 1 saturated heterocycles. The van der Waals surface area contributed by atoms with E-state index in [9.17, 15) is 13.2 Å². The Kier molecular flexibility index (Phi) is 5.74. The van der Waals surface area contributed by atoms with Crippen LogP contribution < -0.4 is 0 Å². The lowest BCUT2D eigenvalue weighted by Crippen LogP contribution is -2.37. The summed E-state index contributed by atoms with van der Waals surface area (Å²) in [5, 5.41) is 0.173. The van der Waals surface area contributed by atoms with Crippen molar-refractivity contribution in [2.75, 3.05) is 25.4 Å². The maximum Gasteiger partial charge on any atom is 0.441 e. The Morgan fingerprint density at radius 2 is 1.94 bits per heavy atom. The van der Waals surface area contributed by atoms with Crippen LogP contribution in [0, 0.1) is 5.92 Å². The van der Waals surface area contributed by atoms with Crippen molar-refractivity contribution in [1.82, 2.24) is 4.90 Å². The average molecular weight is 276 g/mol. The number of piperidine rings is 1. The first kappa shape index (κ1) is 14.5. The molecule has 1 atom stereocenters. The van der Waals surface area contributed by atoms with Gasteiger partial charge in [0.25, 0.3) is 0 Å². The van der Waals surface area contributed by atoms with Gasteiger partial charge in [-0.3, -0.25) is 0 Å². The molecule has 1 aliphatic rings. The average Bonchev–Trinajstić information content (AvgIpc) is 2.16. The fraction of sp³-hybridized carbons (Fsp3) is 1.00. The number of alkyl halides is 4. The molecule has 1 unspecified atom stereocenters. The maximum atomic E-state index is 11.9. The van der Waals surface area contributed by atoms with E-state index in [1.165, 1.54) is 0 Å². The number of thioether (sulfide) groups is 1. The van der Waals surface area contributed by atoms with Crippen LogP contribution >= 0.6 is 23.4 Å². The van der Waals surface area contributed by atoms with Gasteiger partial charge in [-0.05, 0) is 50.5 Å². The van der Waals surface area contributed by atoms with Gasteiger partial charge in [0.15, 0.2) is 0 Å². The van der Waals surface area contributed by atoms with Crippen LogP contribution in [0.25, 0.3) is 0 Å². The molecule has 0 aromatic carbocycles. The second kappa shape index (κ2) is 6.36. The Hall–Kier alpha value is 0.390. The molecule has 1 heterocycles. The van der Waals surface area contributed by atoms with Crippen LogP contribution in [0.1, 0.15) is 19.8 Å². The smallest absolute Gasteiger partial charge is 0.302 e. The van der Waals surface area contributed by atoms with Crippen LogP contribution in [0.5, 0.6) is 0 Å². The molecule has 0 radical (unpaired) electrons. The number of likely N-dealkylation sites (tertiary alicyclic amines) is 1. The molecule has 16 heavy (non-hydrogen) atoms. The zero-order valence-electron chi connectivity index (χ0n) is 9.26. The molecule has 96 valence electrons. The third kappa shape index (κ3) is 5.64. The summed E-state index contributed by atoms with van der Waals surface area (Å²) in [6.45, 7) is 4.26. The molecule has 0 N–H and O–H groups in total. The molecule has 0 aromatic rings. The van der Waals surface area contributed by atoms with Crippen LogP contribution in [-0.4, -0.2) is 41.2 Å². The van der Waals surface area contributed by atoms with Gasteiger partial charge < -0.3 is 4.90 Å². The van der Waals surface area contributed by atoms with Crippen molar-refractivity contribution < 1.29 is 13.2 Å². The van der Waals surface area contributed by atoms with E-state index < -0.39 is 5.51 Å². The van der Waals surface area contributed by atoms with Gasteiger partial charge in [0.05, 0.1) is 0 Å². The van der Waals surface area contributed by atoms with E-state index >= 15 is 0 Å². The maximum absolute atomic E-state index is 11.9. The van der Waals surface area contributed by atoms with Gasteiger partial charge in [-0.15, -0.1) is 11.6 Å². The van der Waals surface area contributed by atoms with Gasteiger partial charge in [-0.2, -0.15) is 13.2 Å². The summed E-state index contributed by atoms with van der Waals surface area (Å²) in [6.07, 6.45) is 2.00. The molecule has 1 aliphatic heterocycles. The summed E-state index contributed by atoms with van der Waals surface area (Å²) in [5.41, 5.74) is -4.09. The van der Waals surface area contributed by atoms with Crippen molar-refractivity contribution in [3.63, 3.8) is 0 Å². The quantitative estimate of drug-likeness (QED) is 0.722. The van der Waals surface area contributed by atoms with Gasteiger partial charge in [0.1, 0.15) is 0 Å². The molecule has 1 rings (SSSR count). The van der Waals surface area contributed by atoms with Crippen molar-refractivity contribution in [2.45, 2.75) is 30.7 Å². The number of nitrogens with zero attached hydrogens (tertiary/aromatic N) is 1. The standard InChI is InChI=1S/C10H17ClF3NS/c1-8(11)9-2-4-15(5-3-9)6-7-16-10(12,13)14/h8-9H,2-7H2,1H3. The minimum atomic E-state index is -4.09. The fourth-order valence-electron chi connectivity index (χ4n) is 1.93. The molecule has 0 aliphatic carbocycles. The lowest BCUT2D eigenvalue weighted by atomic mass is 9.94. The van der Waals surface area contributed by atoms with Gasteiger partial charge in [-0.25, -0.2) is 0 Å². The highest BCUT2D eigenvalue weighted by atomic mass is 35.5. The zero-order valence-corrected chi connectivity index (χ0v) is 10.8. The molecule has 0 saturated carbocycles. The summed E-state index contributed by atoms with van der Waals surface area (Å²) < 4.78 is 35.7. The largest absolute Gasteiger partial charge is 0.441 e. The number of hydrogen-bond acceptors (Lipinski definition) is 2. The number of hydrogen-bond donors (Lipinski definition) is 0.